The van der Waals surface area contributed by atoms with Crippen molar-refractivity contribution in [2.24, 2.45) is 5.92 Å². The van der Waals surface area contributed by atoms with Gasteiger partial charge in [0.2, 0.25) is 11.8 Å². The minimum atomic E-state index is 0.223. The lowest BCUT2D eigenvalue weighted by Gasteiger charge is -2.37. The Balaban J connectivity index is 1.86. The molecule has 0 atom stereocenters. The van der Waals surface area contributed by atoms with Crippen molar-refractivity contribution in [3.8, 4) is 0 Å². The first-order chi connectivity index (χ1) is 8.47. The van der Waals surface area contributed by atoms with Gasteiger partial charge in [-0.1, -0.05) is 32.9 Å². The standard InChI is InChI=1S/C13H21N3O2/c1-8(2)5-11(17)16-6-10(7-16)13-14-12(9(3)4)15-18-13/h8-10H,5-7H2,1-4H3. The van der Waals surface area contributed by atoms with Crippen molar-refractivity contribution in [2.75, 3.05) is 13.1 Å². The first-order valence-corrected chi connectivity index (χ1v) is 6.58. The van der Waals surface area contributed by atoms with E-state index >= 15 is 0 Å². The quantitative estimate of drug-likeness (QED) is 0.822. The smallest absolute Gasteiger partial charge is 0.233 e. The van der Waals surface area contributed by atoms with Crippen LogP contribution < -0.4 is 0 Å². The molecule has 0 unspecified atom stereocenters. The summed E-state index contributed by atoms with van der Waals surface area (Å²) in [6, 6.07) is 0. The van der Waals surface area contributed by atoms with Crippen molar-refractivity contribution >= 4 is 5.91 Å². The van der Waals surface area contributed by atoms with E-state index in [1.165, 1.54) is 0 Å². The fourth-order valence-corrected chi connectivity index (χ4v) is 1.96. The van der Waals surface area contributed by atoms with Gasteiger partial charge in [0, 0.05) is 25.4 Å². The number of hydrogen-bond donors (Lipinski definition) is 0. The molecule has 0 spiro atoms. The average molecular weight is 251 g/mol. The highest BCUT2D eigenvalue weighted by Crippen LogP contribution is 2.27. The molecular formula is C13H21N3O2. The van der Waals surface area contributed by atoms with E-state index in [2.05, 4.69) is 24.0 Å². The van der Waals surface area contributed by atoms with E-state index in [-0.39, 0.29) is 17.7 Å². The van der Waals surface area contributed by atoms with Gasteiger partial charge < -0.3 is 9.42 Å². The van der Waals surface area contributed by atoms with E-state index in [9.17, 15) is 4.79 Å². The Hall–Kier alpha value is -1.39. The largest absolute Gasteiger partial charge is 0.341 e. The molecule has 0 aromatic carbocycles. The van der Waals surface area contributed by atoms with Gasteiger partial charge in [0.25, 0.3) is 0 Å². The van der Waals surface area contributed by atoms with Crippen LogP contribution in [-0.2, 0) is 4.79 Å². The summed E-state index contributed by atoms with van der Waals surface area (Å²) in [6.45, 7) is 9.61. The van der Waals surface area contributed by atoms with Gasteiger partial charge in [-0.05, 0) is 5.92 Å². The normalized spacial score (nSPS) is 16.4. The Morgan fingerprint density at radius 3 is 2.56 bits per heavy atom. The second-order valence-electron chi connectivity index (χ2n) is 5.74. The number of likely N-dealkylation sites (tertiary alicyclic amines) is 1. The van der Waals surface area contributed by atoms with E-state index in [0.717, 1.165) is 5.82 Å². The van der Waals surface area contributed by atoms with Crippen molar-refractivity contribution in [1.82, 2.24) is 15.0 Å². The molecule has 1 amide bonds. The predicted molar refractivity (Wildman–Crippen MR) is 67.2 cm³/mol. The van der Waals surface area contributed by atoms with E-state index in [4.69, 9.17) is 4.52 Å². The first kappa shape index (κ1) is 13.1. The summed E-state index contributed by atoms with van der Waals surface area (Å²) in [7, 11) is 0. The third-order valence-corrected chi connectivity index (χ3v) is 3.14. The molecule has 5 heteroatoms. The summed E-state index contributed by atoms with van der Waals surface area (Å²) >= 11 is 0. The molecular weight excluding hydrogens is 230 g/mol. The zero-order chi connectivity index (χ0) is 13.3. The zero-order valence-electron chi connectivity index (χ0n) is 11.5. The number of hydrogen-bond acceptors (Lipinski definition) is 4. The number of amides is 1. The maximum Gasteiger partial charge on any atom is 0.233 e. The molecule has 1 aromatic heterocycles. The molecule has 1 fully saturated rings. The van der Waals surface area contributed by atoms with E-state index < -0.39 is 0 Å². The minimum absolute atomic E-state index is 0.223. The summed E-state index contributed by atoms with van der Waals surface area (Å²) in [5.74, 6) is 2.56. The fourth-order valence-electron chi connectivity index (χ4n) is 1.96. The number of aromatic nitrogens is 2. The second-order valence-corrected chi connectivity index (χ2v) is 5.74. The van der Waals surface area contributed by atoms with Crippen molar-refractivity contribution in [2.45, 2.75) is 46.0 Å². The number of carbonyl (C=O) groups excluding carboxylic acids is 1. The lowest BCUT2D eigenvalue weighted by Crippen LogP contribution is -2.48. The highest BCUT2D eigenvalue weighted by atomic mass is 16.5. The lowest BCUT2D eigenvalue weighted by molar-refractivity contribution is -0.136. The predicted octanol–water partition coefficient (Wildman–Crippen LogP) is 2.16. The van der Waals surface area contributed by atoms with Crippen LogP contribution in [0.5, 0.6) is 0 Å². The van der Waals surface area contributed by atoms with Crippen molar-refractivity contribution in [1.29, 1.82) is 0 Å². The molecule has 1 aliphatic heterocycles. The Morgan fingerprint density at radius 2 is 2.06 bits per heavy atom. The molecule has 0 saturated carbocycles. The first-order valence-electron chi connectivity index (χ1n) is 6.58. The van der Waals surface area contributed by atoms with E-state index in [0.29, 0.717) is 31.3 Å². The lowest BCUT2D eigenvalue weighted by atomic mass is 9.98. The molecule has 2 rings (SSSR count). The second kappa shape index (κ2) is 5.08. The molecule has 18 heavy (non-hydrogen) atoms. The number of nitrogens with zero attached hydrogens (tertiary/aromatic N) is 3. The number of rotatable bonds is 4. The van der Waals surface area contributed by atoms with Crippen LogP contribution >= 0.6 is 0 Å². The van der Waals surface area contributed by atoms with Gasteiger partial charge in [-0.2, -0.15) is 4.98 Å². The Bertz CT molecular complexity index is 420. The Labute approximate surface area is 108 Å². The highest BCUT2D eigenvalue weighted by Gasteiger charge is 2.35. The third-order valence-electron chi connectivity index (χ3n) is 3.14. The maximum absolute atomic E-state index is 11.8. The Morgan fingerprint density at radius 1 is 1.39 bits per heavy atom. The molecule has 1 saturated heterocycles. The van der Waals surface area contributed by atoms with Gasteiger partial charge >= 0.3 is 0 Å². The highest BCUT2D eigenvalue weighted by molar-refractivity contribution is 5.77. The van der Waals surface area contributed by atoms with Gasteiger partial charge in [0.05, 0.1) is 5.92 Å². The van der Waals surface area contributed by atoms with Crippen LogP contribution in [0.4, 0.5) is 0 Å². The molecule has 2 heterocycles. The fraction of sp³-hybridized carbons (Fsp3) is 0.769. The van der Waals surface area contributed by atoms with Crippen LogP contribution in [0.1, 0.15) is 57.7 Å². The van der Waals surface area contributed by atoms with Crippen LogP contribution in [0.25, 0.3) is 0 Å². The van der Waals surface area contributed by atoms with Crippen LogP contribution in [0.3, 0.4) is 0 Å². The van der Waals surface area contributed by atoms with Crippen LogP contribution in [0, 0.1) is 5.92 Å². The van der Waals surface area contributed by atoms with Crippen molar-refractivity contribution < 1.29 is 9.32 Å². The zero-order valence-corrected chi connectivity index (χ0v) is 11.5. The summed E-state index contributed by atoms with van der Waals surface area (Å²) in [4.78, 5) is 18.0. The minimum Gasteiger partial charge on any atom is -0.341 e. The van der Waals surface area contributed by atoms with Gasteiger partial charge in [-0.3, -0.25) is 4.79 Å². The number of carbonyl (C=O) groups is 1. The maximum atomic E-state index is 11.8. The molecule has 1 aromatic rings. The summed E-state index contributed by atoms with van der Waals surface area (Å²) in [5, 5.41) is 3.95. The molecule has 0 radical (unpaired) electrons. The molecule has 0 N–H and O–H groups in total. The monoisotopic (exact) mass is 251 g/mol. The van der Waals surface area contributed by atoms with Gasteiger partial charge in [-0.15, -0.1) is 0 Å². The summed E-state index contributed by atoms with van der Waals surface area (Å²) in [6.07, 6.45) is 0.619. The summed E-state index contributed by atoms with van der Waals surface area (Å²) < 4.78 is 5.24. The van der Waals surface area contributed by atoms with Gasteiger partial charge in [-0.25, -0.2) is 0 Å². The van der Waals surface area contributed by atoms with E-state index in [1.807, 2.05) is 18.7 Å². The third kappa shape index (κ3) is 2.71. The van der Waals surface area contributed by atoms with E-state index in [1.54, 1.807) is 0 Å². The molecule has 1 aliphatic rings. The van der Waals surface area contributed by atoms with Crippen LogP contribution in [0.2, 0.25) is 0 Å². The van der Waals surface area contributed by atoms with Gasteiger partial charge in [0.15, 0.2) is 5.82 Å². The molecule has 0 aliphatic carbocycles. The van der Waals surface area contributed by atoms with Gasteiger partial charge in [0.1, 0.15) is 0 Å². The SMILES string of the molecule is CC(C)CC(=O)N1CC(c2nc(C(C)C)no2)C1. The molecule has 100 valence electrons. The molecule has 0 bridgehead atoms. The molecule has 5 nitrogen and oxygen atoms in total. The van der Waals surface area contributed by atoms with Crippen molar-refractivity contribution in [3.05, 3.63) is 11.7 Å². The average Bonchev–Trinajstić information content (AvgIpc) is 2.62. The topological polar surface area (TPSA) is 59.2 Å². The summed E-state index contributed by atoms with van der Waals surface area (Å²) in [5.41, 5.74) is 0. The van der Waals surface area contributed by atoms with Crippen molar-refractivity contribution in [3.63, 3.8) is 0 Å². The Kier molecular flexibility index (Phi) is 3.68. The van der Waals surface area contributed by atoms with Crippen LogP contribution in [-0.4, -0.2) is 34.0 Å². The van der Waals surface area contributed by atoms with Crippen LogP contribution in [0.15, 0.2) is 4.52 Å².